The molecule has 0 aliphatic rings. The molecule has 0 spiro atoms. The van der Waals surface area contributed by atoms with Gasteiger partial charge in [-0.25, -0.2) is 0 Å². The first-order chi connectivity index (χ1) is 7.22. The predicted octanol–water partition coefficient (Wildman–Crippen LogP) is 2.55. The molecule has 0 N–H and O–H groups in total. The zero-order valence-electron chi connectivity index (χ0n) is 8.14. The molecule has 2 aromatic rings. The summed E-state index contributed by atoms with van der Waals surface area (Å²) in [5.74, 6) is 0. The van der Waals surface area contributed by atoms with Crippen molar-refractivity contribution < 1.29 is 4.79 Å². The highest BCUT2D eigenvalue weighted by atomic mass is 35.5. The lowest BCUT2D eigenvalue weighted by molar-refractivity contribution is 0.112. The van der Waals surface area contributed by atoms with Crippen LogP contribution in [-0.2, 0) is 7.05 Å². The molecule has 1 heterocycles. The lowest BCUT2D eigenvalue weighted by Crippen LogP contribution is -1.96. The van der Waals surface area contributed by atoms with Gasteiger partial charge in [-0.3, -0.25) is 9.48 Å². The first-order valence-corrected chi connectivity index (χ1v) is 4.83. The third-order valence-corrected chi connectivity index (χ3v) is 2.47. The first kappa shape index (κ1) is 9.93. The van der Waals surface area contributed by atoms with Crippen molar-refractivity contribution in [1.29, 1.82) is 0 Å². The number of carbonyl (C=O) groups excluding carboxylic acids is 1. The predicted molar refractivity (Wildman–Crippen MR) is 59.0 cm³/mol. The molecule has 1 aromatic heterocycles. The summed E-state index contributed by atoms with van der Waals surface area (Å²) in [6.45, 7) is 0. The number of aldehydes is 1. The highest BCUT2D eigenvalue weighted by molar-refractivity contribution is 6.31. The average Bonchev–Trinajstić information content (AvgIpc) is 2.64. The van der Waals surface area contributed by atoms with Gasteiger partial charge >= 0.3 is 0 Å². The summed E-state index contributed by atoms with van der Waals surface area (Å²) in [6, 6.07) is 7.09. The van der Waals surface area contributed by atoms with E-state index >= 15 is 0 Å². The minimum atomic E-state index is 0.558. The normalized spacial score (nSPS) is 10.3. The summed E-state index contributed by atoms with van der Waals surface area (Å²) in [5.41, 5.74) is 2.31. The molecule has 0 unspecified atom stereocenters. The van der Waals surface area contributed by atoms with E-state index in [9.17, 15) is 4.79 Å². The highest BCUT2D eigenvalue weighted by Gasteiger charge is 2.08. The number of benzene rings is 1. The Morgan fingerprint density at radius 1 is 1.40 bits per heavy atom. The second-order valence-electron chi connectivity index (χ2n) is 3.19. The van der Waals surface area contributed by atoms with Crippen molar-refractivity contribution in [3.63, 3.8) is 0 Å². The molecule has 4 heteroatoms. The standard InChI is InChI=1S/C11H9ClN2O/c1-14-11(4-5-13-14)10-3-2-9(12)6-8(10)7-15/h2-7H,1H3. The summed E-state index contributed by atoms with van der Waals surface area (Å²) in [7, 11) is 1.83. The Kier molecular flexibility index (Phi) is 2.56. The second kappa shape index (κ2) is 3.87. The summed E-state index contributed by atoms with van der Waals surface area (Å²) in [4.78, 5) is 10.9. The maximum absolute atomic E-state index is 10.9. The summed E-state index contributed by atoms with van der Waals surface area (Å²) in [5, 5.41) is 4.62. The second-order valence-corrected chi connectivity index (χ2v) is 3.63. The van der Waals surface area contributed by atoms with Crippen LogP contribution in [0.1, 0.15) is 10.4 Å². The van der Waals surface area contributed by atoms with Crippen LogP contribution in [0.25, 0.3) is 11.3 Å². The number of nitrogens with zero attached hydrogens (tertiary/aromatic N) is 2. The Balaban J connectivity index is 2.63. The molecule has 0 radical (unpaired) electrons. The fraction of sp³-hybridized carbons (Fsp3) is 0.0909. The molecular weight excluding hydrogens is 212 g/mol. The van der Waals surface area contributed by atoms with Gasteiger partial charge in [-0.05, 0) is 18.2 Å². The molecule has 76 valence electrons. The number of rotatable bonds is 2. The molecule has 2 rings (SSSR count). The zero-order chi connectivity index (χ0) is 10.8. The van der Waals surface area contributed by atoms with Gasteiger partial charge in [-0.15, -0.1) is 0 Å². The Morgan fingerprint density at radius 3 is 2.80 bits per heavy atom. The van der Waals surface area contributed by atoms with Gasteiger partial charge in [-0.1, -0.05) is 17.7 Å². The Bertz CT molecular complexity index is 505. The summed E-state index contributed by atoms with van der Waals surface area (Å²) in [6.07, 6.45) is 2.49. The monoisotopic (exact) mass is 220 g/mol. The van der Waals surface area contributed by atoms with E-state index in [1.165, 1.54) is 0 Å². The van der Waals surface area contributed by atoms with Crippen molar-refractivity contribution in [3.05, 3.63) is 41.0 Å². The van der Waals surface area contributed by atoms with Crippen molar-refractivity contribution in [3.8, 4) is 11.3 Å². The Hall–Kier alpha value is -1.61. The van der Waals surface area contributed by atoms with E-state index in [4.69, 9.17) is 11.6 Å². The highest BCUT2D eigenvalue weighted by Crippen LogP contribution is 2.24. The van der Waals surface area contributed by atoms with Crippen LogP contribution in [-0.4, -0.2) is 16.1 Å². The fourth-order valence-corrected chi connectivity index (χ4v) is 1.68. The lowest BCUT2D eigenvalue weighted by Gasteiger charge is -2.05. The zero-order valence-corrected chi connectivity index (χ0v) is 8.90. The largest absolute Gasteiger partial charge is 0.298 e. The third kappa shape index (κ3) is 1.78. The number of hydrogen-bond donors (Lipinski definition) is 0. The minimum absolute atomic E-state index is 0.558. The molecule has 0 saturated carbocycles. The number of halogens is 1. The molecule has 0 amide bonds. The first-order valence-electron chi connectivity index (χ1n) is 4.45. The van der Waals surface area contributed by atoms with Crippen LogP contribution in [0, 0.1) is 0 Å². The maximum Gasteiger partial charge on any atom is 0.150 e. The van der Waals surface area contributed by atoms with Gasteiger partial charge in [0.15, 0.2) is 6.29 Å². The van der Waals surface area contributed by atoms with Crippen molar-refractivity contribution in [2.75, 3.05) is 0 Å². The van der Waals surface area contributed by atoms with E-state index in [0.29, 0.717) is 10.6 Å². The number of aromatic nitrogens is 2. The van der Waals surface area contributed by atoms with Gasteiger partial charge < -0.3 is 0 Å². The molecule has 1 aromatic carbocycles. The van der Waals surface area contributed by atoms with Crippen LogP contribution in [0.3, 0.4) is 0 Å². The minimum Gasteiger partial charge on any atom is -0.298 e. The van der Waals surface area contributed by atoms with E-state index in [-0.39, 0.29) is 0 Å². The Morgan fingerprint density at radius 2 is 2.20 bits per heavy atom. The van der Waals surface area contributed by atoms with Gasteiger partial charge in [0.2, 0.25) is 0 Å². The van der Waals surface area contributed by atoms with Crippen molar-refractivity contribution in [2.24, 2.45) is 7.05 Å². The van der Waals surface area contributed by atoms with E-state index in [2.05, 4.69) is 5.10 Å². The molecule has 0 fully saturated rings. The van der Waals surface area contributed by atoms with Crippen LogP contribution in [0.15, 0.2) is 30.5 Å². The van der Waals surface area contributed by atoms with Gasteiger partial charge in [0, 0.05) is 29.4 Å². The molecule has 0 bridgehead atoms. The SMILES string of the molecule is Cn1nccc1-c1ccc(Cl)cc1C=O. The molecule has 3 nitrogen and oxygen atoms in total. The molecular formula is C11H9ClN2O. The number of carbonyl (C=O) groups is 1. The number of hydrogen-bond acceptors (Lipinski definition) is 2. The Labute approximate surface area is 92.3 Å². The van der Waals surface area contributed by atoms with Gasteiger partial charge in [0.05, 0.1) is 5.69 Å². The van der Waals surface area contributed by atoms with Crippen LogP contribution in [0.5, 0.6) is 0 Å². The quantitative estimate of drug-likeness (QED) is 0.729. The van der Waals surface area contributed by atoms with Crippen LogP contribution >= 0.6 is 11.6 Å². The maximum atomic E-state index is 10.9. The summed E-state index contributed by atoms with van der Waals surface area (Å²) < 4.78 is 1.72. The van der Waals surface area contributed by atoms with Gasteiger partial charge in [0.1, 0.15) is 0 Å². The van der Waals surface area contributed by atoms with E-state index in [1.54, 1.807) is 23.0 Å². The average molecular weight is 221 g/mol. The van der Waals surface area contributed by atoms with Crippen molar-refractivity contribution in [2.45, 2.75) is 0 Å². The smallest absolute Gasteiger partial charge is 0.150 e. The van der Waals surface area contributed by atoms with Gasteiger partial charge in [-0.2, -0.15) is 5.10 Å². The molecule has 0 aliphatic carbocycles. The fourth-order valence-electron chi connectivity index (χ4n) is 1.50. The van der Waals surface area contributed by atoms with Crippen molar-refractivity contribution in [1.82, 2.24) is 9.78 Å². The van der Waals surface area contributed by atoms with Gasteiger partial charge in [0.25, 0.3) is 0 Å². The third-order valence-electron chi connectivity index (χ3n) is 2.24. The van der Waals surface area contributed by atoms with Crippen molar-refractivity contribution >= 4 is 17.9 Å². The number of aryl methyl sites for hydroxylation is 1. The van der Waals surface area contributed by atoms with Crippen LogP contribution < -0.4 is 0 Å². The molecule has 15 heavy (non-hydrogen) atoms. The van der Waals surface area contributed by atoms with Crippen LogP contribution in [0.2, 0.25) is 5.02 Å². The van der Waals surface area contributed by atoms with Crippen LogP contribution in [0.4, 0.5) is 0 Å². The molecule has 0 atom stereocenters. The topological polar surface area (TPSA) is 34.9 Å². The molecule has 0 saturated heterocycles. The van der Waals surface area contributed by atoms with E-state index in [0.717, 1.165) is 17.5 Å². The van der Waals surface area contributed by atoms with E-state index < -0.39 is 0 Å². The van der Waals surface area contributed by atoms with E-state index in [1.807, 2.05) is 19.2 Å². The lowest BCUT2D eigenvalue weighted by atomic mass is 10.1. The summed E-state index contributed by atoms with van der Waals surface area (Å²) >= 11 is 5.82. The molecule has 0 aliphatic heterocycles.